The van der Waals surface area contributed by atoms with E-state index in [0.717, 1.165) is 15.1 Å². The summed E-state index contributed by atoms with van der Waals surface area (Å²) in [4.78, 5) is 13.0. The van der Waals surface area contributed by atoms with Crippen LogP contribution in [0.5, 0.6) is 0 Å². The third-order valence-corrected chi connectivity index (χ3v) is 4.22. The first-order valence-electron chi connectivity index (χ1n) is 5.89. The molecule has 0 aliphatic carbocycles. The topological polar surface area (TPSA) is 29.1 Å². The molecule has 2 nitrogen and oxygen atoms in total. The molecule has 0 unspecified atom stereocenters. The van der Waals surface area contributed by atoms with Gasteiger partial charge in [-0.2, -0.15) is 0 Å². The summed E-state index contributed by atoms with van der Waals surface area (Å²) < 4.78 is 1.06. The molecule has 98 valence electrons. The molecule has 2 aromatic rings. The maximum absolute atomic E-state index is 11.8. The molecule has 19 heavy (non-hydrogen) atoms. The molecule has 0 saturated heterocycles. The molecule has 4 heteroatoms. The van der Waals surface area contributed by atoms with E-state index in [4.69, 9.17) is 0 Å². The van der Waals surface area contributed by atoms with E-state index in [9.17, 15) is 4.79 Å². The van der Waals surface area contributed by atoms with Crippen LogP contribution in [-0.2, 0) is 4.79 Å². The number of para-hydroxylation sites is 1. The summed E-state index contributed by atoms with van der Waals surface area (Å²) in [6, 6.07) is 15.6. The molecule has 1 N–H and O–H groups in total. The lowest BCUT2D eigenvalue weighted by Gasteiger charge is -2.07. The van der Waals surface area contributed by atoms with Gasteiger partial charge in [-0.05, 0) is 42.8 Å². The third-order valence-electron chi connectivity index (χ3n) is 2.55. The normalized spacial score (nSPS) is 10.2. The average molecular weight is 336 g/mol. The monoisotopic (exact) mass is 335 g/mol. The van der Waals surface area contributed by atoms with Crippen LogP contribution < -0.4 is 5.32 Å². The predicted molar refractivity (Wildman–Crippen MR) is 84.7 cm³/mol. The maximum Gasteiger partial charge on any atom is 0.234 e. The molecule has 1 amide bonds. The van der Waals surface area contributed by atoms with Gasteiger partial charge in [-0.25, -0.2) is 0 Å². The van der Waals surface area contributed by atoms with Gasteiger partial charge >= 0.3 is 0 Å². The number of thioether (sulfide) groups is 1. The number of hydrogen-bond acceptors (Lipinski definition) is 2. The first-order chi connectivity index (χ1) is 9.15. The van der Waals surface area contributed by atoms with Crippen molar-refractivity contribution in [3.63, 3.8) is 0 Å². The van der Waals surface area contributed by atoms with Crippen molar-refractivity contribution < 1.29 is 4.79 Å². The van der Waals surface area contributed by atoms with Crippen LogP contribution in [0.25, 0.3) is 0 Å². The van der Waals surface area contributed by atoms with Gasteiger partial charge in [0.15, 0.2) is 0 Å². The molecular formula is C15H14BrNOS. The summed E-state index contributed by atoms with van der Waals surface area (Å²) >= 11 is 4.98. The summed E-state index contributed by atoms with van der Waals surface area (Å²) in [5.41, 5.74) is 2.01. The van der Waals surface area contributed by atoms with E-state index >= 15 is 0 Å². The number of nitrogens with one attached hydrogen (secondary N) is 1. The van der Waals surface area contributed by atoms with Crippen molar-refractivity contribution in [1.82, 2.24) is 0 Å². The quantitative estimate of drug-likeness (QED) is 0.834. The zero-order chi connectivity index (χ0) is 13.7. The van der Waals surface area contributed by atoms with Crippen LogP contribution in [0.15, 0.2) is 57.9 Å². The summed E-state index contributed by atoms with van der Waals surface area (Å²) in [5, 5.41) is 2.87. The van der Waals surface area contributed by atoms with Gasteiger partial charge in [-0.1, -0.05) is 34.1 Å². The molecule has 0 bridgehead atoms. The van der Waals surface area contributed by atoms with Crippen molar-refractivity contribution in [3.8, 4) is 0 Å². The number of amides is 1. The third kappa shape index (κ3) is 4.40. The molecule has 0 aliphatic rings. The fraction of sp³-hybridized carbons (Fsp3) is 0.133. The Morgan fingerprint density at radius 2 is 1.95 bits per heavy atom. The summed E-state index contributed by atoms with van der Waals surface area (Å²) in [7, 11) is 0. The molecule has 2 aromatic carbocycles. The van der Waals surface area contributed by atoms with Gasteiger partial charge in [0.25, 0.3) is 0 Å². The van der Waals surface area contributed by atoms with Gasteiger partial charge in [0.2, 0.25) is 5.91 Å². The van der Waals surface area contributed by atoms with E-state index in [1.807, 2.05) is 49.4 Å². The highest BCUT2D eigenvalue weighted by Crippen LogP contribution is 2.25. The predicted octanol–water partition coefficient (Wildman–Crippen LogP) is 4.49. The van der Waals surface area contributed by atoms with E-state index in [1.165, 1.54) is 5.56 Å². The molecule has 0 fully saturated rings. The minimum absolute atomic E-state index is 0.0125. The smallest absolute Gasteiger partial charge is 0.234 e. The number of rotatable bonds is 4. The van der Waals surface area contributed by atoms with Crippen LogP contribution >= 0.6 is 27.7 Å². The second-order valence-corrected chi connectivity index (χ2v) is 6.05. The number of carbonyl (C=O) groups is 1. The Hall–Kier alpha value is -1.26. The van der Waals surface area contributed by atoms with Crippen molar-refractivity contribution in [2.75, 3.05) is 11.1 Å². The minimum Gasteiger partial charge on any atom is -0.325 e. The fourth-order valence-electron chi connectivity index (χ4n) is 1.64. The fourth-order valence-corrected chi connectivity index (χ4v) is 2.92. The van der Waals surface area contributed by atoms with Crippen molar-refractivity contribution in [3.05, 3.63) is 58.6 Å². The molecular weight excluding hydrogens is 322 g/mol. The van der Waals surface area contributed by atoms with Gasteiger partial charge in [-0.15, -0.1) is 11.8 Å². The highest BCUT2D eigenvalue weighted by molar-refractivity contribution is 9.10. The van der Waals surface area contributed by atoms with E-state index in [0.29, 0.717) is 5.75 Å². The van der Waals surface area contributed by atoms with E-state index in [-0.39, 0.29) is 5.91 Å². The maximum atomic E-state index is 11.8. The largest absolute Gasteiger partial charge is 0.325 e. The van der Waals surface area contributed by atoms with Crippen LogP contribution in [0, 0.1) is 6.92 Å². The first kappa shape index (κ1) is 14.2. The minimum atomic E-state index is 0.0125. The van der Waals surface area contributed by atoms with Gasteiger partial charge < -0.3 is 5.32 Å². The van der Waals surface area contributed by atoms with Crippen molar-refractivity contribution in [2.24, 2.45) is 0 Å². The lowest BCUT2D eigenvalue weighted by molar-refractivity contribution is -0.113. The zero-order valence-electron chi connectivity index (χ0n) is 10.5. The molecule has 0 aromatic heterocycles. The molecule has 2 rings (SSSR count). The number of carbonyl (C=O) groups excluding carboxylic acids is 1. The van der Waals surface area contributed by atoms with Gasteiger partial charge in [0.1, 0.15) is 0 Å². The Balaban J connectivity index is 1.90. The van der Waals surface area contributed by atoms with Crippen LogP contribution in [0.1, 0.15) is 5.56 Å². The van der Waals surface area contributed by atoms with E-state index < -0.39 is 0 Å². The van der Waals surface area contributed by atoms with Crippen LogP contribution in [0.2, 0.25) is 0 Å². The molecule has 0 atom stereocenters. The van der Waals surface area contributed by atoms with Crippen molar-refractivity contribution in [2.45, 2.75) is 11.8 Å². The first-order valence-corrected chi connectivity index (χ1v) is 7.67. The molecule has 0 saturated carbocycles. The van der Waals surface area contributed by atoms with Crippen LogP contribution in [0.3, 0.4) is 0 Å². The Kier molecular flexibility index (Phi) is 5.05. The molecule has 0 heterocycles. The standard InChI is InChI=1S/C15H14BrNOS/c1-11-9-12(16)7-8-14(11)19-10-15(18)17-13-5-3-2-4-6-13/h2-9H,10H2,1H3,(H,17,18). The number of anilines is 1. The average Bonchev–Trinajstić information content (AvgIpc) is 2.39. The SMILES string of the molecule is Cc1cc(Br)ccc1SCC(=O)Nc1ccccc1. The zero-order valence-corrected chi connectivity index (χ0v) is 12.9. The van der Waals surface area contributed by atoms with Crippen molar-refractivity contribution in [1.29, 1.82) is 0 Å². The second kappa shape index (κ2) is 6.78. The van der Waals surface area contributed by atoms with Crippen LogP contribution in [0.4, 0.5) is 5.69 Å². The molecule has 0 aliphatic heterocycles. The Morgan fingerprint density at radius 1 is 1.21 bits per heavy atom. The molecule has 0 spiro atoms. The summed E-state index contributed by atoms with van der Waals surface area (Å²) in [6.07, 6.45) is 0. The number of halogens is 1. The summed E-state index contributed by atoms with van der Waals surface area (Å²) in [5.74, 6) is 0.427. The highest BCUT2D eigenvalue weighted by atomic mass is 79.9. The second-order valence-electron chi connectivity index (χ2n) is 4.11. The Labute approximate surface area is 125 Å². The Bertz CT molecular complexity index is 572. The van der Waals surface area contributed by atoms with E-state index in [1.54, 1.807) is 11.8 Å². The van der Waals surface area contributed by atoms with Crippen molar-refractivity contribution >= 4 is 39.3 Å². The van der Waals surface area contributed by atoms with Gasteiger partial charge in [0, 0.05) is 15.1 Å². The van der Waals surface area contributed by atoms with Gasteiger partial charge in [0.05, 0.1) is 5.75 Å². The van der Waals surface area contributed by atoms with Crippen LogP contribution in [-0.4, -0.2) is 11.7 Å². The lowest BCUT2D eigenvalue weighted by atomic mass is 10.2. The molecule has 0 radical (unpaired) electrons. The Morgan fingerprint density at radius 3 is 2.63 bits per heavy atom. The van der Waals surface area contributed by atoms with E-state index in [2.05, 4.69) is 27.3 Å². The summed E-state index contributed by atoms with van der Waals surface area (Å²) in [6.45, 7) is 2.04. The number of benzene rings is 2. The highest BCUT2D eigenvalue weighted by Gasteiger charge is 2.05. The lowest BCUT2D eigenvalue weighted by Crippen LogP contribution is -2.13. The number of aryl methyl sites for hydroxylation is 1. The van der Waals surface area contributed by atoms with Gasteiger partial charge in [-0.3, -0.25) is 4.79 Å². The number of hydrogen-bond donors (Lipinski definition) is 1.